The second kappa shape index (κ2) is 4.34. The highest BCUT2D eigenvalue weighted by atomic mass is 79.9. The lowest BCUT2D eigenvalue weighted by Gasteiger charge is -2.21. The van der Waals surface area contributed by atoms with E-state index in [0.29, 0.717) is 0 Å². The molecular formula is C16H18BrNO. The van der Waals surface area contributed by atoms with Crippen LogP contribution in [-0.2, 0) is 0 Å². The van der Waals surface area contributed by atoms with Crippen LogP contribution in [-0.4, -0.2) is 12.5 Å². The molecule has 0 radical (unpaired) electrons. The summed E-state index contributed by atoms with van der Waals surface area (Å²) in [4.78, 5) is 12.2. The van der Waals surface area contributed by atoms with Crippen LogP contribution in [0.1, 0.15) is 29.6 Å². The van der Waals surface area contributed by atoms with Crippen molar-refractivity contribution in [3.05, 3.63) is 34.3 Å². The third-order valence-electron chi connectivity index (χ3n) is 5.48. The number of fused-ring (bicyclic) bond motifs is 5. The lowest BCUT2D eigenvalue weighted by molar-refractivity contribution is 0.0940. The number of hydrogen-bond acceptors (Lipinski definition) is 1. The van der Waals surface area contributed by atoms with E-state index >= 15 is 0 Å². The van der Waals surface area contributed by atoms with Gasteiger partial charge in [-0.15, -0.1) is 0 Å². The van der Waals surface area contributed by atoms with E-state index in [4.69, 9.17) is 0 Å². The van der Waals surface area contributed by atoms with Crippen LogP contribution in [0.2, 0.25) is 0 Å². The van der Waals surface area contributed by atoms with Gasteiger partial charge in [0.15, 0.2) is 0 Å². The first kappa shape index (κ1) is 12.0. The van der Waals surface area contributed by atoms with Crippen molar-refractivity contribution in [3.63, 3.8) is 0 Å². The molecule has 3 fully saturated rings. The summed E-state index contributed by atoms with van der Waals surface area (Å²) < 4.78 is 0.877. The molecule has 1 aromatic rings. The highest BCUT2D eigenvalue weighted by Gasteiger charge is 2.60. The Labute approximate surface area is 122 Å². The van der Waals surface area contributed by atoms with Gasteiger partial charge in [0.05, 0.1) is 5.56 Å². The third-order valence-corrected chi connectivity index (χ3v) is 6.17. The van der Waals surface area contributed by atoms with E-state index in [1.165, 1.54) is 19.3 Å². The van der Waals surface area contributed by atoms with E-state index in [1.807, 2.05) is 24.3 Å². The third kappa shape index (κ3) is 1.94. The van der Waals surface area contributed by atoms with E-state index < -0.39 is 0 Å². The summed E-state index contributed by atoms with van der Waals surface area (Å²) in [5.74, 6) is 4.78. The zero-order chi connectivity index (χ0) is 13.0. The molecule has 3 aliphatic rings. The van der Waals surface area contributed by atoms with Gasteiger partial charge in [-0.1, -0.05) is 12.1 Å². The molecule has 3 saturated carbocycles. The summed E-state index contributed by atoms with van der Waals surface area (Å²) in [7, 11) is 0. The molecule has 1 aromatic carbocycles. The fourth-order valence-corrected chi connectivity index (χ4v) is 5.01. The average Bonchev–Trinajstić information content (AvgIpc) is 3.03. The maximum atomic E-state index is 12.2. The number of carbonyl (C=O) groups excluding carboxylic acids is 1. The molecule has 2 nitrogen and oxygen atoms in total. The Morgan fingerprint density at radius 2 is 2.00 bits per heavy atom. The van der Waals surface area contributed by atoms with Crippen LogP contribution in [0.5, 0.6) is 0 Å². The van der Waals surface area contributed by atoms with Crippen molar-refractivity contribution in [2.75, 3.05) is 6.54 Å². The fraction of sp³-hybridized carbons (Fsp3) is 0.562. The molecule has 3 heteroatoms. The highest BCUT2D eigenvalue weighted by molar-refractivity contribution is 9.10. The number of halogens is 1. The molecule has 4 rings (SSSR count). The molecule has 3 aliphatic carbocycles. The lowest BCUT2D eigenvalue weighted by atomic mass is 9.88. The van der Waals surface area contributed by atoms with Crippen LogP contribution in [0.4, 0.5) is 0 Å². The minimum absolute atomic E-state index is 0.0580. The van der Waals surface area contributed by atoms with E-state index in [0.717, 1.165) is 46.2 Å². The van der Waals surface area contributed by atoms with Crippen molar-refractivity contribution in [1.82, 2.24) is 5.32 Å². The molecule has 0 unspecified atom stereocenters. The second-order valence-electron chi connectivity index (χ2n) is 6.41. The van der Waals surface area contributed by atoms with Gasteiger partial charge in [-0.05, 0) is 76.9 Å². The smallest absolute Gasteiger partial charge is 0.252 e. The zero-order valence-electron chi connectivity index (χ0n) is 10.8. The van der Waals surface area contributed by atoms with Crippen molar-refractivity contribution < 1.29 is 4.79 Å². The van der Waals surface area contributed by atoms with E-state index in [9.17, 15) is 4.79 Å². The summed E-state index contributed by atoms with van der Waals surface area (Å²) in [6.45, 7) is 0.866. The Morgan fingerprint density at radius 1 is 1.16 bits per heavy atom. The summed E-state index contributed by atoms with van der Waals surface area (Å²) in [6.07, 6.45) is 4.26. The quantitative estimate of drug-likeness (QED) is 0.908. The maximum Gasteiger partial charge on any atom is 0.252 e. The molecule has 19 heavy (non-hydrogen) atoms. The van der Waals surface area contributed by atoms with E-state index in [2.05, 4.69) is 21.2 Å². The predicted molar refractivity (Wildman–Crippen MR) is 77.8 cm³/mol. The molecule has 1 amide bonds. The number of amides is 1. The van der Waals surface area contributed by atoms with Crippen molar-refractivity contribution in [3.8, 4) is 0 Å². The monoisotopic (exact) mass is 319 g/mol. The molecule has 100 valence electrons. The average molecular weight is 320 g/mol. The van der Waals surface area contributed by atoms with Gasteiger partial charge in [0.25, 0.3) is 5.91 Å². The second-order valence-corrected chi connectivity index (χ2v) is 7.26. The number of rotatable bonds is 3. The van der Waals surface area contributed by atoms with Crippen LogP contribution in [0, 0.1) is 29.6 Å². The fourth-order valence-electron chi connectivity index (χ4n) is 4.55. The summed E-state index contributed by atoms with van der Waals surface area (Å²) in [5.41, 5.74) is 0.745. The van der Waals surface area contributed by atoms with Gasteiger partial charge in [-0.25, -0.2) is 0 Å². The maximum absolute atomic E-state index is 12.2. The molecule has 2 bridgehead atoms. The molecule has 0 aliphatic heterocycles. The summed E-state index contributed by atoms with van der Waals surface area (Å²) >= 11 is 3.44. The Kier molecular flexibility index (Phi) is 2.73. The number of hydrogen-bond donors (Lipinski definition) is 1. The Bertz CT molecular complexity index is 529. The largest absolute Gasteiger partial charge is 0.352 e. The van der Waals surface area contributed by atoms with Crippen LogP contribution < -0.4 is 5.32 Å². The van der Waals surface area contributed by atoms with Crippen LogP contribution in [0.15, 0.2) is 28.7 Å². The first-order valence-electron chi connectivity index (χ1n) is 7.27. The number of carbonyl (C=O) groups is 1. The lowest BCUT2D eigenvalue weighted by Crippen LogP contribution is -2.32. The van der Waals surface area contributed by atoms with Gasteiger partial charge >= 0.3 is 0 Å². The molecule has 5 atom stereocenters. The summed E-state index contributed by atoms with van der Waals surface area (Å²) in [5, 5.41) is 3.14. The standard InChI is InChI=1S/C16H18BrNO/c17-15-4-2-1-3-11(15)16(19)18-8-10-5-9-6-12(10)14-7-13(9)14/h1-4,9-10,12-14H,5-8H2,(H,18,19)/t9-,10-,12+,13+,14+/m0/s1. The first-order chi connectivity index (χ1) is 9.24. The highest BCUT2D eigenvalue weighted by Crippen LogP contribution is 2.67. The Hall–Kier alpha value is -0.830. The SMILES string of the molecule is O=C(NC[C@@H]1C[C@H]2C[C@H]1[C@H]1C[C@H]21)c1ccccc1Br. The van der Waals surface area contributed by atoms with Gasteiger partial charge in [-0.2, -0.15) is 0 Å². The van der Waals surface area contributed by atoms with Crippen molar-refractivity contribution >= 4 is 21.8 Å². The van der Waals surface area contributed by atoms with Crippen LogP contribution >= 0.6 is 15.9 Å². The Balaban J connectivity index is 1.38. The van der Waals surface area contributed by atoms with Gasteiger partial charge in [0.1, 0.15) is 0 Å². The summed E-state index contributed by atoms with van der Waals surface area (Å²) in [6, 6.07) is 7.63. The molecule has 0 saturated heterocycles. The minimum atomic E-state index is 0.0580. The topological polar surface area (TPSA) is 29.1 Å². The van der Waals surface area contributed by atoms with Gasteiger partial charge < -0.3 is 5.32 Å². The van der Waals surface area contributed by atoms with Gasteiger partial charge in [0, 0.05) is 11.0 Å². The van der Waals surface area contributed by atoms with Crippen molar-refractivity contribution in [2.45, 2.75) is 19.3 Å². The van der Waals surface area contributed by atoms with E-state index in [1.54, 1.807) is 0 Å². The zero-order valence-corrected chi connectivity index (χ0v) is 12.4. The van der Waals surface area contributed by atoms with Crippen molar-refractivity contribution in [1.29, 1.82) is 0 Å². The predicted octanol–water partition coefficient (Wildman–Crippen LogP) is 3.47. The molecule has 0 spiro atoms. The first-order valence-corrected chi connectivity index (χ1v) is 8.06. The van der Waals surface area contributed by atoms with Crippen molar-refractivity contribution in [2.24, 2.45) is 29.6 Å². The molecule has 1 N–H and O–H groups in total. The number of benzene rings is 1. The molecular weight excluding hydrogens is 302 g/mol. The van der Waals surface area contributed by atoms with Crippen LogP contribution in [0.3, 0.4) is 0 Å². The minimum Gasteiger partial charge on any atom is -0.352 e. The molecule has 0 aromatic heterocycles. The van der Waals surface area contributed by atoms with Gasteiger partial charge in [-0.3, -0.25) is 4.79 Å². The normalized spacial score (nSPS) is 38.1. The van der Waals surface area contributed by atoms with Gasteiger partial charge in [0.2, 0.25) is 0 Å². The number of nitrogens with one attached hydrogen (secondary N) is 1. The molecule has 0 heterocycles. The Morgan fingerprint density at radius 3 is 2.74 bits per heavy atom. The van der Waals surface area contributed by atoms with Crippen LogP contribution in [0.25, 0.3) is 0 Å². The van der Waals surface area contributed by atoms with E-state index in [-0.39, 0.29) is 5.91 Å².